The highest BCUT2D eigenvalue weighted by Gasteiger charge is 2.52. The number of hydrogen-bond acceptors (Lipinski definition) is 3. The number of amides is 1. The average molecular weight is 319 g/mol. The zero-order valence-electron chi connectivity index (χ0n) is 14.2. The number of carbonyl (C=O) groups excluding carboxylic acids is 1. The lowest BCUT2D eigenvalue weighted by atomic mass is 9.75. The molecule has 0 bridgehead atoms. The van der Waals surface area contributed by atoms with Crippen LogP contribution in [-0.4, -0.2) is 42.2 Å². The number of halogens is 1. The Hall–Kier alpha value is -1.40. The molecule has 3 rings (SSSR count). The van der Waals surface area contributed by atoms with Gasteiger partial charge in [0.1, 0.15) is 5.82 Å². The van der Waals surface area contributed by atoms with Crippen molar-refractivity contribution >= 4 is 18.5 Å². The van der Waals surface area contributed by atoms with E-state index in [1.54, 1.807) is 6.07 Å². The lowest BCUT2D eigenvalue weighted by Gasteiger charge is -2.32. The maximum Gasteiger partial charge on any atom is 0.495 e. The molecule has 2 aliphatic rings. The molecule has 4 nitrogen and oxygen atoms in total. The highest BCUT2D eigenvalue weighted by atomic mass is 19.1. The van der Waals surface area contributed by atoms with Crippen molar-refractivity contribution in [3.8, 4) is 0 Å². The van der Waals surface area contributed by atoms with E-state index in [0.29, 0.717) is 5.46 Å². The SMILES string of the molecule is CC1(C)OB(c2cc(F)ccc2CC(=O)N2CCC2)OC1(C)C. The number of carbonyl (C=O) groups is 1. The average Bonchev–Trinajstić information content (AvgIpc) is 2.58. The third kappa shape index (κ3) is 3.02. The summed E-state index contributed by atoms with van der Waals surface area (Å²) in [7, 11) is -0.658. The summed E-state index contributed by atoms with van der Waals surface area (Å²) in [6.07, 6.45) is 1.30. The molecule has 1 amide bonds. The molecular formula is C17H23BFNO3. The predicted molar refractivity (Wildman–Crippen MR) is 87.0 cm³/mol. The molecule has 2 fully saturated rings. The van der Waals surface area contributed by atoms with Crippen LogP contribution in [0.2, 0.25) is 0 Å². The van der Waals surface area contributed by atoms with Crippen LogP contribution in [0.3, 0.4) is 0 Å². The molecule has 124 valence electrons. The van der Waals surface area contributed by atoms with Crippen molar-refractivity contribution in [2.24, 2.45) is 0 Å². The topological polar surface area (TPSA) is 38.8 Å². The van der Waals surface area contributed by atoms with Gasteiger partial charge in [-0.05, 0) is 57.3 Å². The van der Waals surface area contributed by atoms with Crippen molar-refractivity contribution in [2.45, 2.75) is 51.7 Å². The molecule has 2 saturated heterocycles. The number of likely N-dealkylation sites (tertiary alicyclic amines) is 1. The lowest BCUT2D eigenvalue weighted by Crippen LogP contribution is -2.44. The van der Waals surface area contributed by atoms with Crippen molar-refractivity contribution in [2.75, 3.05) is 13.1 Å². The van der Waals surface area contributed by atoms with E-state index in [1.165, 1.54) is 12.1 Å². The predicted octanol–water partition coefficient (Wildman–Crippen LogP) is 1.90. The Kier molecular flexibility index (Phi) is 4.01. The Labute approximate surface area is 137 Å². The molecule has 0 aromatic heterocycles. The Bertz CT molecular complexity index is 612. The summed E-state index contributed by atoms with van der Waals surface area (Å²) in [4.78, 5) is 14.1. The first-order valence-corrected chi connectivity index (χ1v) is 8.11. The summed E-state index contributed by atoms with van der Waals surface area (Å²) in [5, 5.41) is 0. The minimum absolute atomic E-state index is 0.0700. The standard InChI is InChI=1S/C17H23BFNO3/c1-16(2)17(3,4)23-18(22-16)14-11-13(19)7-6-12(14)10-15(21)20-8-5-9-20/h6-7,11H,5,8-10H2,1-4H3. The summed E-state index contributed by atoms with van der Waals surface area (Å²) in [5.74, 6) is -0.282. The van der Waals surface area contributed by atoms with Crippen molar-refractivity contribution < 1.29 is 18.5 Å². The first-order valence-electron chi connectivity index (χ1n) is 8.11. The van der Waals surface area contributed by atoms with Crippen LogP contribution in [0.25, 0.3) is 0 Å². The summed E-state index contributed by atoms with van der Waals surface area (Å²) in [6.45, 7) is 9.44. The lowest BCUT2D eigenvalue weighted by molar-refractivity contribution is -0.133. The molecule has 6 heteroatoms. The van der Waals surface area contributed by atoms with Crippen molar-refractivity contribution in [3.63, 3.8) is 0 Å². The number of rotatable bonds is 3. The van der Waals surface area contributed by atoms with Crippen molar-refractivity contribution in [3.05, 3.63) is 29.6 Å². The maximum atomic E-state index is 13.8. The Morgan fingerprint density at radius 3 is 2.35 bits per heavy atom. The van der Waals surface area contributed by atoms with Gasteiger partial charge in [0.15, 0.2) is 0 Å². The fraction of sp³-hybridized carbons (Fsp3) is 0.588. The molecule has 0 spiro atoms. The zero-order valence-corrected chi connectivity index (χ0v) is 14.2. The van der Waals surface area contributed by atoms with Crippen LogP contribution in [-0.2, 0) is 20.5 Å². The summed E-state index contributed by atoms with van der Waals surface area (Å²) < 4.78 is 25.8. The fourth-order valence-electron chi connectivity index (χ4n) is 2.76. The first kappa shape index (κ1) is 16.5. The highest BCUT2D eigenvalue weighted by Crippen LogP contribution is 2.36. The third-order valence-corrected chi connectivity index (χ3v) is 5.17. The molecule has 1 aromatic rings. The van der Waals surface area contributed by atoms with E-state index in [-0.39, 0.29) is 18.1 Å². The van der Waals surface area contributed by atoms with E-state index in [0.717, 1.165) is 25.1 Å². The van der Waals surface area contributed by atoms with Crippen molar-refractivity contribution in [1.29, 1.82) is 0 Å². The molecule has 23 heavy (non-hydrogen) atoms. The first-order chi connectivity index (χ1) is 10.7. The van der Waals surface area contributed by atoms with E-state index in [1.807, 2.05) is 32.6 Å². The van der Waals surface area contributed by atoms with Crippen LogP contribution in [0.15, 0.2) is 18.2 Å². The van der Waals surface area contributed by atoms with Crippen LogP contribution < -0.4 is 5.46 Å². The minimum atomic E-state index is -0.658. The van der Waals surface area contributed by atoms with Crippen LogP contribution in [0.5, 0.6) is 0 Å². The van der Waals surface area contributed by atoms with Gasteiger partial charge in [0.25, 0.3) is 0 Å². The largest absolute Gasteiger partial charge is 0.495 e. The van der Waals surface area contributed by atoms with Gasteiger partial charge < -0.3 is 14.2 Å². The maximum absolute atomic E-state index is 13.8. The van der Waals surface area contributed by atoms with Gasteiger partial charge in [-0.1, -0.05) is 6.07 Å². The van der Waals surface area contributed by atoms with E-state index >= 15 is 0 Å². The van der Waals surface area contributed by atoms with E-state index in [4.69, 9.17) is 9.31 Å². The summed E-state index contributed by atoms with van der Waals surface area (Å²) in [5.41, 5.74) is 0.380. The molecule has 0 atom stereocenters. The smallest absolute Gasteiger partial charge is 0.399 e. The molecule has 0 radical (unpaired) electrons. The molecule has 0 unspecified atom stereocenters. The molecule has 2 aliphatic heterocycles. The fourth-order valence-corrected chi connectivity index (χ4v) is 2.76. The monoisotopic (exact) mass is 319 g/mol. The Morgan fingerprint density at radius 2 is 1.83 bits per heavy atom. The van der Waals surface area contributed by atoms with Gasteiger partial charge in [0.2, 0.25) is 5.91 Å². The van der Waals surface area contributed by atoms with Gasteiger partial charge in [0.05, 0.1) is 17.6 Å². The number of benzene rings is 1. The molecule has 0 N–H and O–H groups in total. The van der Waals surface area contributed by atoms with Crippen LogP contribution in [0, 0.1) is 5.82 Å². The second kappa shape index (κ2) is 5.60. The van der Waals surface area contributed by atoms with Crippen LogP contribution in [0.4, 0.5) is 4.39 Å². The normalized spacial score (nSPS) is 22.1. The molecule has 1 aromatic carbocycles. The van der Waals surface area contributed by atoms with E-state index < -0.39 is 18.3 Å². The number of nitrogens with zero attached hydrogens (tertiary/aromatic N) is 1. The molecule has 0 saturated carbocycles. The molecule has 0 aliphatic carbocycles. The highest BCUT2D eigenvalue weighted by molar-refractivity contribution is 6.62. The summed E-state index contributed by atoms with van der Waals surface area (Å²) >= 11 is 0. The quantitative estimate of drug-likeness (QED) is 0.799. The Morgan fingerprint density at radius 1 is 1.22 bits per heavy atom. The van der Waals surface area contributed by atoms with Crippen LogP contribution in [0.1, 0.15) is 39.7 Å². The zero-order chi connectivity index (χ0) is 16.8. The van der Waals surface area contributed by atoms with Gasteiger partial charge in [0, 0.05) is 13.1 Å². The third-order valence-electron chi connectivity index (χ3n) is 5.17. The Balaban J connectivity index is 1.86. The second-order valence-corrected chi connectivity index (χ2v) is 7.34. The van der Waals surface area contributed by atoms with Crippen LogP contribution >= 0.6 is 0 Å². The minimum Gasteiger partial charge on any atom is -0.399 e. The van der Waals surface area contributed by atoms with E-state index in [2.05, 4.69) is 0 Å². The second-order valence-electron chi connectivity index (χ2n) is 7.34. The van der Waals surface area contributed by atoms with Gasteiger partial charge in [-0.15, -0.1) is 0 Å². The van der Waals surface area contributed by atoms with Crippen molar-refractivity contribution in [1.82, 2.24) is 4.90 Å². The van der Waals surface area contributed by atoms with Gasteiger partial charge >= 0.3 is 7.12 Å². The van der Waals surface area contributed by atoms with Gasteiger partial charge in [-0.25, -0.2) is 4.39 Å². The molecule has 2 heterocycles. The van der Waals surface area contributed by atoms with Gasteiger partial charge in [-0.2, -0.15) is 0 Å². The summed E-state index contributed by atoms with van der Waals surface area (Å²) in [6, 6.07) is 4.46. The van der Waals surface area contributed by atoms with Gasteiger partial charge in [-0.3, -0.25) is 4.79 Å². The number of hydrogen-bond donors (Lipinski definition) is 0. The molecular weight excluding hydrogens is 296 g/mol. The van der Waals surface area contributed by atoms with E-state index in [9.17, 15) is 9.18 Å².